The highest BCUT2D eigenvalue weighted by Crippen LogP contribution is 2.31. The second kappa shape index (κ2) is 8.01. The number of esters is 1. The molecule has 124 valence electrons. The smallest absolute Gasteiger partial charge is 0.306 e. The van der Waals surface area contributed by atoms with E-state index < -0.39 is 0 Å². The molecule has 0 bridgehead atoms. The molecule has 0 spiro atoms. The molecule has 1 atom stereocenters. The molecule has 0 aromatic heterocycles. The van der Waals surface area contributed by atoms with Crippen LogP contribution in [0.15, 0.2) is 24.3 Å². The maximum absolute atomic E-state index is 12.6. The van der Waals surface area contributed by atoms with Gasteiger partial charge in [-0.3, -0.25) is 14.4 Å². The van der Waals surface area contributed by atoms with E-state index in [1.165, 1.54) is 18.9 Å². The lowest BCUT2D eigenvalue weighted by molar-refractivity contribution is -0.140. The normalized spacial score (nSPS) is 17.0. The molecule has 1 heterocycles. The number of ether oxygens (including phenoxy) is 1. The molecule has 1 N–H and O–H groups in total. The first-order chi connectivity index (χ1) is 11.0. The molecule has 1 aliphatic heterocycles. The molecule has 6 nitrogen and oxygen atoms in total. The highest BCUT2D eigenvalue weighted by atomic mass is 32.2. The third-order valence-corrected chi connectivity index (χ3v) is 4.48. The van der Waals surface area contributed by atoms with Crippen LogP contribution in [-0.2, 0) is 19.1 Å². The van der Waals surface area contributed by atoms with Gasteiger partial charge < -0.3 is 15.0 Å². The maximum atomic E-state index is 12.6. The zero-order chi connectivity index (χ0) is 16.8. The van der Waals surface area contributed by atoms with Crippen LogP contribution < -0.4 is 10.2 Å². The van der Waals surface area contributed by atoms with Gasteiger partial charge in [0.2, 0.25) is 11.8 Å². The number of carbonyl (C=O) groups is 3. The minimum Gasteiger partial charge on any atom is -0.469 e. The highest BCUT2D eigenvalue weighted by molar-refractivity contribution is 7.99. The van der Waals surface area contributed by atoms with Crippen molar-refractivity contribution in [3.8, 4) is 0 Å². The summed E-state index contributed by atoms with van der Waals surface area (Å²) in [6, 6.07) is 7.06. The number of nitrogens with zero attached hydrogens (tertiary/aromatic N) is 1. The quantitative estimate of drug-likeness (QED) is 0.658. The van der Waals surface area contributed by atoms with Gasteiger partial charge in [-0.25, -0.2) is 0 Å². The number of hydrogen-bond acceptors (Lipinski definition) is 5. The van der Waals surface area contributed by atoms with Gasteiger partial charge in [-0.1, -0.05) is 12.1 Å². The number of thioether (sulfide) groups is 1. The number of benzene rings is 1. The summed E-state index contributed by atoms with van der Waals surface area (Å²) in [7, 11) is 1.35. The lowest BCUT2D eigenvalue weighted by Gasteiger charge is -2.27. The van der Waals surface area contributed by atoms with Crippen LogP contribution in [0, 0.1) is 0 Å². The van der Waals surface area contributed by atoms with Crippen LogP contribution in [0.25, 0.3) is 0 Å². The average molecular weight is 336 g/mol. The Hall–Kier alpha value is -2.02. The molecule has 1 aliphatic rings. The number of hydrogen-bond donors (Lipinski definition) is 1. The second-order valence-corrected chi connectivity index (χ2v) is 6.37. The van der Waals surface area contributed by atoms with Crippen LogP contribution in [-0.4, -0.2) is 42.4 Å². The van der Waals surface area contributed by atoms with Crippen LogP contribution in [0.2, 0.25) is 0 Å². The second-order valence-electron chi connectivity index (χ2n) is 5.26. The molecule has 1 aromatic carbocycles. The van der Waals surface area contributed by atoms with Crippen molar-refractivity contribution in [3.63, 3.8) is 0 Å². The predicted octanol–water partition coefficient (Wildman–Crippen LogP) is 2.05. The van der Waals surface area contributed by atoms with Crippen LogP contribution in [0.1, 0.15) is 19.8 Å². The number of para-hydroxylation sites is 2. The summed E-state index contributed by atoms with van der Waals surface area (Å²) in [6.45, 7) is 1.86. The van der Waals surface area contributed by atoms with Gasteiger partial charge in [-0.05, 0) is 19.1 Å². The summed E-state index contributed by atoms with van der Waals surface area (Å²) in [5.74, 6) is 0.326. The van der Waals surface area contributed by atoms with E-state index in [1.54, 1.807) is 11.0 Å². The fourth-order valence-corrected chi connectivity index (χ4v) is 3.22. The van der Waals surface area contributed by atoms with E-state index in [2.05, 4.69) is 10.1 Å². The maximum Gasteiger partial charge on any atom is 0.306 e. The molecule has 0 aliphatic carbocycles. The molecule has 2 amide bonds. The topological polar surface area (TPSA) is 75.7 Å². The molecule has 0 radical (unpaired) electrons. The third kappa shape index (κ3) is 4.48. The Morgan fingerprint density at radius 3 is 2.87 bits per heavy atom. The van der Waals surface area contributed by atoms with Crippen molar-refractivity contribution in [1.82, 2.24) is 0 Å². The number of nitrogens with one attached hydrogen (secondary N) is 1. The zero-order valence-electron chi connectivity index (χ0n) is 13.2. The Labute approximate surface area is 139 Å². The van der Waals surface area contributed by atoms with Crippen LogP contribution in [0.4, 0.5) is 11.4 Å². The lowest BCUT2D eigenvalue weighted by atomic mass is 10.2. The number of anilines is 2. The summed E-state index contributed by atoms with van der Waals surface area (Å²) in [6.07, 6.45) is 0.536. The Bertz CT molecular complexity index is 605. The Balaban J connectivity index is 2.06. The van der Waals surface area contributed by atoms with Crippen molar-refractivity contribution in [1.29, 1.82) is 0 Å². The van der Waals surface area contributed by atoms with Crippen molar-refractivity contribution >= 4 is 40.9 Å². The van der Waals surface area contributed by atoms with Crippen molar-refractivity contribution in [2.75, 3.05) is 28.8 Å². The molecule has 0 saturated heterocycles. The molecule has 0 saturated carbocycles. The van der Waals surface area contributed by atoms with E-state index in [0.29, 0.717) is 17.1 Å². The molecular weight excluding hydrogens is 316 g/mol. The first-order valence-electron chi connectivity index (χ1n) is 7.38. The summed E-state index contributed by atoms with van der Waals surface area (Å²) in [5.41, 5.74) is 1.36. The summed E-state index contributed by atoms with van der Waals surface area (Å²) < 4.78 is 4.57. The number of rotatable bonds is 5. The molecule has 0 fully saturated rings. The number of amides is 2. The number of fused-ring (bicyclic) bond motifs is 1. The van der Waals surface area contributed by atoms with E-state index in [9.17, 15) is 14.4 Å². The lowest BCUT2D eigenvalue weighted by Crippen LogP contribution is -2.40. The summed E-state index contributed by atoms with van der Waals surface area (Å²) in [5, 5.41) is 2.83. The SMILES string of the molecule is COC(=O)CCSCC(=O)N1c2ccccc2NC(=O)C[C@H]1C. The van der Waals surface area contributed by atoms with Gasteiger partial charge in [0.05, 0.1) is 30.7 Å². The standard InChI is InChI=1S/C16H20N2O4S/c1-11-9-14(19)17-12-5-3-4-6-13(12)18(11)15(20)10-23-8-7-16(21)22-2/h3-6,11H,7-10H2,1-2H3,(H,17,19)/t11-/m1/s1. The zero-order valence-corrected chi connectivity index (χ0v) is 14.0. The van der Waals surface area contributed by atoms with Crippen molar-refractivity contribution < 1.29 is 19.1 Å². The fourth-order valence-electron chi connectivity index (χ4n) is 2.45. The van der Waals surface area contributed by atoms with Gasteiger partial charge in [0.25, 0.3) is 0 Å². The van der Waals surface area contributed by atoms with E-state index in [4.69, 9.17) is 0 Å². The Kier molecular flexibility index (Phi) is 6.04. The van der Waals surface area contributed by atoms with Crippen molar-refractivity contribution in [2.24, 2.45) is 0 Å². The summed E-state index contributed by atoms with van der Waals surface area (Å²) >= 11 is 1.39. The first-order valence-corrected chi connectivity index (χ1v) is 8.54. The van der Waals surface area contributed by atoms with Crippen molar-refractivity contribution in [3.05, 3.63) is 24.3 Å². The molecule has 23 heavy (non-hydrogen) atoms. The molecule has 0 unspecified atom stereocenters. The monoisotopic (exact) mass is 336 g/mol. The molecule has 2 rings (SSSR count). The van der Waals surface area contributed by atoms with Gasteiger partial charge in [0, 0.05) is 18.2 Å². The van der Waals surface area contributed by atoms with Gasteiger partial charge in [-0.15, -0.1) is 0 Å². The molecular formula is C16H20N2O4S. The predicted molar refractivity (Wildman–Crippen MR) is 90.6 cm³/mol. The largest absolute Gasteiger partial charge is 0.469 e. The van der Waals surface area contributed by atoms with E-state index in [-0.39, 0.29) is 42.4 Å². The van der Waals surface area contributed by atoms with Crippen LogP contribution in [0.5, 0.6) is 0 Å². The third-order valence-electron chi connectivity index (χ3n) is 3.53. The highest BCUT2D eigenvalue weighted by Gasteiger charge is 2.29. The van der Waals surface area contributed by atoms with Crippen molar-refractivity contribution in [2.45, 2.75) is 25.8 Å². The summed E-state index contributed by atoms with van der Waals surface area (Å²) in [4.78, 5) is 37.2. The molecule has 1 aromatic rings. The minimum atomic E-state index is -0.284. The Morgan fingerprint density at radius 1 is 1.39 bits per heavy atom. The number of methoxy groups -OCH3 is 1. The van der Waals surface area contributed by atoms with Crippen LogP contribution in [0.3, 0.4) is 0 Å². The fraction of sp³-hybridized carbons (Fsp3) is 0.438. The average Bonchev–Trinajstić information content (AvgIpc) is 2.65. The Morgan fingerprint density at radius 2 is 2.13 bits per heavy atom. The van der Waals surface area contributed by atoms with Gasteiger partial charge in [0.1, 0.15) is 0 Å². The first kappa shape index (κ1) is 17.3. The van der Waals surface area contributed by atoms with E-state index >= 15 is 0 Å². The number of carbonyl (C=O) groups excluding carboxylic acids is 3. The van der Waals surface area contributed by atoms with Crippen LogP contribution >= 0.6 is 11.8 Å². The van der Waals surface area contributed by atoms with E-state index in [1.807, 2.05) is 25.1 Å². The van der Waals surface area contributed by atoms with E-state index in [0.717, 1.165) is 0 Å². The van der Waals surface area contributed by atoms with Gasteiger partial charge in [0.15, 0.2) is 0 Å². The van der Waals surface area contributed by atoms with Gasteiger partial charge in [-0.2, -0.15) is 11.8 Å². The van der Waals surface area contributed by atoms with Gasteiger partial charge >= 0.3 is 5.97 Å². The minimum absolute atomic E-state index is 0.0729. The molecule has 7 heteroatoms.